The highest BCUT2D eigenvalue weighted by Gasteiger charge is 2.52. The molecule has 2 fully saturated rings. The van der Waals surface area contributed by atoms with Crippen molar-refractivity contribution in [3.63, 3.8) is 0 Å². The van der Waals surface area contributed by atoms with Gasteiger partial charge in [-0.1, -0.05) is 6.42 Å². The first-order valence-corrected chi connectivity index (χ1v) is 5.39. The molecule has 1 aliphatic carbocycles. The van der Waals surface area contributed by atoms with Gasteiger partial charge in [0.15, 0.2) is 0 Å². The van der Waals surface area contributed by atoms with Gasteiger partial charge in [-0.3, -0.25) is 10.1 Å². The van der Waals surface area contributed by atoms with Crippen LogP contribution in [0, 0.1) is 5.92 Å². The largest absolute Gasteiger partial charge is 0.480 e. The van der Waals surface area contributed by atoms with Crippen molar-refractivity contribution in [1.82, 2.24) is 10.6 Å². The van der Waals surface area contributed by atoms with Crippen molar-refractivity contribution in [2.24, 2.45) is 5.92 Å². The van der Waals surface area contributed by atoms with Gasteiger partial charge in [0.2, 0.25) is 0 Å². The van der Waals surface area contributed by atoms with Crippen molar-refractivity contribution in [3.8, 4) is 0 Å². The monoisotopic (exact) mass is 198 g/mol. The SMILES string of the molecule is CC1NCCNC1(C(=O)O)C1CCC1. The molecule has 80 valence electrons. The lowest BCUT2D eigenvalue weighted by Crippen LogP contribution is -2.72. The highest BCUT2D eigenvalue weighted by atomic mass is 16.4. The minimum Gasteiger partial charge on any atom is -0.480 e. The number of carboxylic acid groups (broad SMARTS) is 1. The summed E-state index contributed by atoms with van der Waals surface area (Å²) in [5, 5.41) is 15.9. The molecule has 2 atom stereocenters. The zero-order chi connectivity index (χ0) is 10.2. The Morgan fingerprint density at radius 2 is 2.14 bits per heavy atom. The Morgan fingerprint density at radius 3 is 2.57 bits per heavy atom. The molecule has 4 nitrogen and oxygen atoms in total. The minimum atomic E-state index is -0.712. The van der Waals surface area contributed by atoms with Crippen LogP contribution in [-0.4, -0.2) is 35.7 Å². The second-order valence-electron chi connectivity index (χ2n) is 4.40. The molecule has 3 N–H and O–H groups in total. The standard InChI is InChI=1S/C10H18N2O2/c1-7-10(9(13)14,8-3-2-4-8)12-6-5-11-7/h7-8,11-12H,2-6H2,1H3,(H,13,14). The van der Waals surface area contributed by atoms with Crippen molar-refractivity contribution in [2.45, 2.75) is 37.8 Å². The Kier molecular flexibility index (Phi) is 2.49. The van der Waals surface area contributed by atoms with Gasteiger partial charge in [-0.2, -0.15) is 0 Å². The fourth-order valence-corrected chi connectivity index (χ4v) is 2.67. The van der Waals surface area contributed by atoms with Gasteiger partial charge >= 0.3 is 5.97 Å². The molecule has 0 aromatic heterocycles. The number of rotatable bonds is 2. The Labute approximate surface area is 84.1 Å². The number of nitrogens with one attached hydrogen (secondary N) is 2. The van der Waals surface area contributed by atoms with Crippen molar-refractivity contribution in [2.75, 3.05) is 13.1 Å². The van der Waals surface area contributed by atoms with Crippen LogP contribution in [0.1, 0.15) is 26.2 Å². The van der Waals surface area contributed by atoms with Crippen LogP contribution >= 0.6 is 0 Å². The maximum Gasteiger partial charge on any atom is 0.325 e. The highest BCUT2D eigenvalue weighted by molar-refractivity contribution is 5.81. The molecular weight excluding hydrogens is 180 g/mol. The van der Waals surface area contributed by atoms with Gasteiger partial charge in [0.05, 0.1) is 0 Å². The number of hydrogen-bond acceptors (Lipinski definition) is 3. The normalized spacial score (nSPS) is 39.1. The molecule has 1 heterocycles. The average molecular weight is 198 g/mol. The molecule has 4 heteroatoms. The topological polar surface area (TPSA) is 61.4 Å². The highest BCUT2D eigenvalue weighted by Crippen LogP contribution is 2.39. The van der Waals surface area contributed by atoms with Gasteiger partial charge in [0, 0.05) is 19.1 Å². The van der Waals surface area contributed by atoms with E-state index in [9.17, 15) is 9.90 Å². The molecule has 0 radical (unpaired) electrons. The summed E-state index contributed by atoms with van der Waals surface area (Å²) in [5.41, 5.74) is -0.712. The summed E-state index contributed by atoms with van der Waals surface area (Å²) in [6.45, 7) is 3.59. The summed E-state index contributed by atoms with van der Waals surface area (Å²) < 4.78 is 0. The van der Waals surface area contributed by atoms with Crippen molar-refractivity contribution < 1.29 is 9.90 Å². The lowest BCUT2D eigenvalue weighted by molar-refractivity contribution is -0.152. The quantitative estimate of drug-likeness (QED) is 0.593. The summed E-state index contributed by atoms with van der Waals surface area (Å²) in [5.74, 6) is -0.385. The third kappa shape index (κ3) is 1.25. The summed E-state index contributed by atoms with van der Waals surface area (Å²) >= 11 is 0. The van der Waals surface area contributed by atoms with E-state index in [1.54, 1.807) is 0 Å². The lowest BCUT2D eigenvalue weighted by atomic mass is 9.66. The number of carboxylic acids is 1. The molecule has 1 aliphatic heterocycles. The van der Waals surface area contributed by atoms with Gasteiger partial charge in [-0.15, -0.1) is 0 Å². The molecule has 1 saturated heterocycles. The first-order valence-electron chi connectivity index (χ1n) is 5.39. The molecule has 2 aliphatic rings. The fourth-order valence-electron chi connectivity index (χ4n) is 2.67. The van der Waals surface area contributed by atoms with Crippen molar-refractivity contribution in [1.29, 1.82) is 0 Å². The summed E-state index contributed by atoms with van der Waals surface area (Å²) in [6.07, 6.45) is 3.27. The van der Waals surface area contributed by atoms with E-state index in [2.05, 4.69) is 10.6 Å². The minimum absolute atomic E-state index is 0.0269. The maximum absolute atomic E-state index is 11.4. The molecule has 0 aromatic rings. The van der Waals surface area contributed by atoms with Crippen LogP contribution < -0.4 is 10.6 Å². The number of piperazine rings is 1. The fraction of sp³-hybridized carbons (Fsp3) is 0.900. The van der Waals surface area contributed by atoms with E-state index in [0.717, 1.165) is 25.9 Å². The Bertz CT molecular complexity index is 236. The molecule has 0 amide bonds. The molecular formula is C10H18N2O2. The van der Waals surface area contributed by atoms with E-state index >= 15 is 0 Å². The number of carbonyl (C=O) groups is 1. The zero-order valence-electron chi connectivity index (χ0n) is 8.55. The van der Waals surface area contributed by atoms with Crippen molar-refractivity contribution >= 4 is 5.97 Å². The lowest BCUT2D eigenvalue weighted by Gasteiger charge is -2.49. The molecule has 0 aromatic carbocycles. The molecule has 1 saturated carbocycles. The van der Waals surface area contributed by atoms with Gasteiger partial charge in [0.1, 0.15) is 5.54 Å². The molecule has 0 bridgehead atoms. The van der Waals surface area contributed by atoms with Gasteiger partial charge in [-0.05, 0) is 25.7 Å². The van der Waals surface area contributed by atoms with Crippen LogP contribution in [0.3, 0.4) is 0 Å². The smallest absolute Gasteiger partial charge is 0.325 e. The number of aliphatic carboxylic acids is 1. The first-order chi connectivity index (χ1) is 6.68. The van der Waals surface area contributed by atoms with E-state index in [1.165, 1.54) is 6.42 Å². The maximum atomic E-state index is 11.4. The van der Waals surface area contributed by atoms with Crippen LogP contribution in [0.15, 0.2) is 0 Å². The van der Waals surface area contributed by atoms with E-state index in [0.29, 0.717) is 5.92 Å². The summed E-state index contributed by atoms with van der Waals surface area (Å²) in [6, 6.07) is 0.0269. The Morgan fingerprint density at radius 1 is 1.43 bits per heavy atom. The second-order valence-corrected chi connectivity index (χ2v) is 4.40. The van der Waals surface area contributed by atoms with E-state index in [4.69, 9.17) is 0 Å². The molecule has 2 rings (SSSR count). The van der Waals surface area contributed by atoms with Crippen LogP contribution in [0.4, 0.5) is 0 Å². The molecule has 14 heavy (non-hydrogen) atoms. The summed E-state index contributed by atoms with van der Waals surface area (Å²) in [7, 11) is 0. The predicted molar refractivity (Wildman–Crippen MR) is 53.2 cm³/mol. The first kappa shape index (κ1) is 9.93. The summed E-state index contributed by atoms with van der Waals surface area (Å²) in [4.78, 5) is 11.4. The van der Waals surface area contributed by atoms with E-state index in [-0.39, 0.29) is 6.04 Å². The predicted octanol–water partition coefficient (Wildman–Crippen LogP) is 0.191. The molecule has 0 spiro atoms. The third-order valence-corrected chi connectivity index (χ3v) is 3.78. The van der Waals surface area contributed by atoms with Crippen LogP contribution in [0.25, 0.3) is 0 Å². The Hall–Kier alpha value is -0.610. The number of hydrogen-bond donors (Lipinski definition) is 3. The second kappa shape index (κ2) is 3.51. The van der Waals surface area contributed by atoms with Crippen molar-refractivity contribution in [3.05, 3.63) is 0 Å². The third-order valence-electron chi connectivity index (χ3n) is 3.78. The van der Waals surface area contributed by atoms with Gasteiger partial charge in [0.25, 0.3) is 0 Å². The van der Waals surface area contributed by atoms with Crippen LogP contribution in [0.2, 0.25) is 0 Å². The van der Waals surface area contributed by atoms with E-state index < -0.39 is 11.5 Å². The van der Waals surface area contributed by atoms with E-state index in [1.807, 2.05) is 6.92 Å². The average Bonchev–Trinajstić information content (AvgIpc) is 2.05. The zero-order valence-corrected chi connectivity index (χ0v) is 8.55. The van der Waals surface area contributed by atoms with Crippen LogP contribution in [0.5, 0.6) is 0 Å². The van der Waals surface area contributed by atoms with Gasteiger partial charge in [-0.25, -0.2) is 0 Å². The van der Waals surface area contributed by atoms with Gasteiger partial charge < -0.3 is 10.4 Å². The molecule has 2 unspecified atom stereocenters. The van der Waals surface area contributed by atoms with Crippen LogP contribution in [-0.2, 0) is 4.79 Å². The Balaban J connectivity index is 2.22.